The maximum atomic E-state index is 14.5. The van der Waals surface area contributed by atoms with Crippen LogP contribution in [0.5, 0.6) is 0 Å². The Labute approximate surface area is 302 Å². The molecule has 1 aromatic carbocycles. The molecule has 2 saturated carbocycles. The van der Waals surface area contributed by atoms with Gasteiger partial charge >= 0.3 is 6.03 Å². The molecule has 0 radical (unpaired) electrons. The second-order valence-electron chi connectivity index (χ2n) is 15.9. The predicted octanol–water partition coefficient (Wildman–Crippen LogP) is 3.13. The number of carbonyl (C=O) groups excluding carboxylic acids is 5. The molecule has 0 bridgehead atoms. The van der Waals surface area contributed by atoms with E-state index in [1.165, 1.54) is 11.0 Å². The molecule has 278 valence electrons. The smallest absolute Gasteiger partial charge is 0.315 e. The van der Waals surface area contributed by atoms with Gasteiger partial charge in [-0.25, -0.2) is 13.2 Å². The summed E-state index contributed by atoms with van der Waals surface area (Å²) in [6.45, 7) is 13.3. The second-order valence-corrected chi connectivity index (χ2v) is 17.9. The fraction of sp³-hybridized carbons (Fsp3) is 0.605. The van der Waals surface area contributed by atoms with E-state index in [1.54, 1.807) is 51.1 Å². The number of hydrogen-bond acceptors (Lipinski definition) is 7. The number of Topliss-reactive ketones (excluding diaryl/α,β-unsaturated/α-hetero) is 1. The quantitative estimate of drug-likeness (QED) is 0.130. The minimum absolute atomic E-state index is 0.0103. The van der Waals surface area contributed by atoms with E-state index in [2.05, 4.69) is 33.8 Å². The normalized spacial score (nSPS) is 23.0. The van der Waals surface area contributed by atoms with Crippen LogP contribution in [-0.2, 0) is 29.0 Å². The summed E-state index contributed by atoms with van der Waals surface area (Å²) >= 11 is 0. The number of benzene rings is 1. The van der Waals surface area contributed by atoms with Crippen LogP contribution < -0.4 is 21.3 Å². The number of ketones is 1. The molecule has 0 spiro atoms. The van der Waals surface area contributed by atoms with Gasteiger partial charge in [-0.1, -0.05) is 78.2 Å². The molecule has 12 nitrogen and oxygen atoms in total. The van der Waals surface area contributed by atoms with Gasteiger partial charge in [0.15, 0.2) is 9.84 Å². The number of amides is 5. The lowest BCUT2D eigenvalue weighted by Gasteiger charge is -2.40. The van der Waals surface area contributed by atoms with E-state index in [-0.39, 0.29) is 53.8 Å². The summed E-state index contributed by atoms with van der Waals surface area (Å²) in [6.07, 6.45) is 10.4. The van der Waals surface area contributed by atoms with Crippen LogP contribution in [0.2, 0.25) is 0 Å². The molecule has 3 aliphatic rings. The zero-order valence-electron chi connectivity index (χ0n) is 30.4. The number of terminal acetylenes is 1. The molecular weight excluding hydrogens is 671 g/mol. The number of likely N-dealkylation sites (tertiary alicyclic amines) is 1. The van der Waals surface area contributed by atoms with Crippen molar-refractivity contribution in [2.45, 2.75) is 108 Å². The van der Waals surface area contributed by atoms with Gasteiger partial charge in [0.2, 0.25) is 17.6 Å². The monoisotopic (exact) mass is 723 g/mol. The van der Waals surface area contributed by atoms with Crippen molar-refractivity contribution in [1.29, 1.82) is 0 Å². The van der Waals surface area contributed by atoms with Gasteiger partial charge in [-0.05, 0) is 54.1 Å². The Hall–Kier alpha value is -4.18. The largest absolute Gasteiger partial charge is 0.346 e. The van der Waals surface area contributed by atoms with Gasteiger partial charge in [-0.2, -0.15) is 0 Å². The number of sulfone groups is 1. The first-order valence-corrected chi connectivity index (χ1v) is 19.4. The van der Waals surface area contributed by atoms with Crippen molar-refractivity contribution in [3.8, 4) is 12.3 Å². The molecule has 3 fully saturated rings. The molecule has 1 heterocycles. The summed E-state index contributed by atoms with van der Waals surface area (Å²) in [5.74, 6) is -0.792. The maximum Gasteiger partial charge on any atom is 0.315 e. The fourth-order valence-electron chi connectivity index (χ4n) is 7.81. The molecule has 51 heavy (non-hydrogen) atoms. The number of fused-ring (bicyclic) bond motifs is 1. The number of nitrogens with zero attached hydrogens (tertiary/aromatic N) is 1. The summed E-state index contributed by atoms with van der Waals surface area (Å²) in [6, 6.07) is 4.25. The Morgan fingerprint density at radius 2 is 1.71 bits per heavy atom. The average molecular weight is 724 g/mol. The highest BCUT2D eigenvalue weighted by Crippen LogP contribution is 2.65. The Kier molecular flexibility index (Phi) is 12.1. The Morgan fingerprint density at radius 1 is 1.06 bits per heavy atom. The molecule has 5 amide bonds. The fourth-order valence-corrected chi connectivity index (χ4v) is 9.64. The highest BCUT2D eigenvalue weighted by molar-refractivity contribution is 7.91. The highest BCUT2D eigenvalue weighted by atomic mass is 32.2. The van der Waals surface area contributed by atoms with E-state index in [0.29, 0.717) is 12.8 Å². The van der Waals surface area contributed by atoms with Gasteiger partial charge in [0.1, 0.15) is 12.1 Å². The van der Waals surface area contributed by atoms with Gasteiger partial charge in [0.25, 0.3) is 5.91 Å². The van der Waals surface area contributed by atoms with Crippen LogP contribution >= 0.6 is 0 Å². The minimum atomic E-state index is -3.74. The highest BCUT2D eigenvalue weighted by Gasteiger charge is 2.70. The van der Waals surface area contributed by atoms with Crippen molar-refractivity contribution in [1.82, 2.24) is 26.2 Å². The maximum absolute atomic E-state index is 14.5. The number of rotatable bonds is 14. The van der Waals surface area contributed by atoms with Crippen molar-refractivity contribution < 1.29 is 32.4 Å². The molecule has 13 heteroatoms. The van der Waals surface area contributed by atoms with Crippen molar-refractivity contribution in [3.05, 3.63) is 43.0 Å². The van der Waals surface area contributed by atoms with E-state index in [1.807, 2.05) is 13.8 Å². The van der Waals surface area contributed by atoms with E-state index in [4.69, 9.17) is 6.42 Å². The van der Waals surface area contributed by atoms with Crippen LogP contribution in [0.3, 0.4) is 0 Å². The van der Waals surface area contributed by atoms with E-state index in [9.17, 15) is 32.4 Å². The number of nitrogens with one attached hydrogen (secondary N) is 4. The zero-order valence-corrected chi connectivity index (χ0v) is 31.2. The third-order valence-electron chi connectivity index (χ3n) is 10.7. The van der Waals surface area contributed by atoms with Crippen LogP contribution in [0.1, 0.15) is 79.6 Å². The van der Waals surface area contributed by atoms with E-state index >= 15 is 0 Å². The van der Waals surface area contributed by atoms with Crippen molar-refractivity contribution in [2.75, 3.05) is 18.8 Å². The number of hydrogen-bond donors (Lipinski definition) is 4. The first-order chi connectivity index (χ1) is 23.9. The lowest BCUT2D eigenvalue weighted by molar-refractivity contribution is -0.145. The summed E-state index contributed by atoms with van der Waals surface area (Å²) in [7, 11) is -3.74. The van der Waals surface area contributed by atoms with Gasteiger partial charge in [-0.15, -0.1) is 18.9 Å². The lowest BCUT2D eigenvalue weighted by atomic mass is 9.83. The second kappa shape index (κ2) is 15.6. The third-order valence-corrected chi connectivity index (χ3v) is 12.7. The van der Waals surface area contributed by atoms with Crippen molar-refractivity contribution in [3.63, 3.8) is 0 Å². The number of carbonyl (C=O) groups is 5. The molecule has 2 unspecified atom stereocenters. The first-order valence-electron chi connectivity index (χ1n) is 17.7. The van der Waals surface area contributed by atoms with Crippen LogP contribution in [-0.4, -0.2) is 85.4 Å². The summed E-state index contributed by atoms with van der Waals surface area (Å²) < 4.78 is 26.9. The van der Waals surface area contributed by atoms with Crippen LogP contribution in [0, 0.1) is 35.0 Å². The van der Waals surface area contributed by atoms with Gasteiger partial charge in [-0.3, -0.25) is 19.2 Å². The Bertz CT molecular complexity index is 1650. The van der Waals surface area contributed by atoms with Crippen molar-refractivity contribution in [2.24, 2.45) is 22.7 Å². The number of piperidine rings is 1. The molecule has 5 atom stereocenters. The van der Waals surface area contributed by atoms with E-state index < -0.39 is 68.5 Å². The Morgan fingerprint density at radius 3 is 2.29 bits per heavy atom. The summed E-state index contributed by atoms with van der Waals surface area (Å²) in [4.78, 5) is 69.5. The van der Waals surface area contributed by atoms with Crippen molar-refractivity contribution >= 4 is 39.4 Å². The minimum Gasteiger partial charge on any atom is -0.346 e. The third kappa shape index (κ3) is 9.01. The number of urea groups is 1. The predicted molar refractivity (Wildman–Crippen MR) is 194 cm³/mol. The first kappa shape index (κ1) is 39.6. The van der Waals surface area contributed by atoms with Crippen LogP contribution in [0.4, 0.5) is 4.79 Å². The van der Waals surface area contributed by atoms with Crippen LogP contribution in [0.25, 0.3) is 0 Å². The zero-order chi connectivity index (χ0) is 37.8. The van der Waals surface area contributed by atoms with Gasteiger partial charge in [0, 0.05) is 19.5 Å². The molecule has 4 N–H and O–H groups in total. The molecule has 1 saturated heterocycles. The molecular formula is C38H53N5O7S. The Balaban J connectivity index is 1.56. The van der Waals surface area contributed by atoms with Crippen LogP contribution in [0.15, 0.2) is 47.9 Å². The molecule has 1 aromatic rings. The molecule has 1 aliphatic heterocycles. The average Bonchev–Trinajstić information content (AvgIpc) is 3.38. The topological polar surface area (TPSA) is 171 Å². The van der Waals surface area contributed by atoms with Gasteiger partial charge in [0.05, 0.1) is 22.2 Å². The lowest BCUT2D eigenvalue weighted by Crippen LogP contribution is -2.63. The van der Waals surface area contributed by atoms with E-state index in [0.717, 1.165) is 19.3 Å². The molecule has 4 rings (SSSR count). The molecule has 2 aliphatic carbocycles. The SMILES string of the molecule is C#CCCC(NC(=O)[C@@H]1[C@@H]2C(CN1C(=O)[C@@H](NC(=O)NC1(CS(=O)(=O)c3ccccc3)CCCCC1)C(C)(C)C)C2(C)C)C(=O)C(=O)NCC=C. The van der Waals surface area contributed by atoms with Gasteiger partial charge < -0.3 is 26.2 Å². The molecule has 0 aromatic heterocycles. The summed E-state index contributed by atoms with van der Waals surface area (Å²) in [5, 5.41) is 11.0. The summed E-state index contributed by atoms with van der Waals surface area (Å²) in [5.41, 5.74) is -2.08. The standard InChI is InChI=1S/C38H53N5O7S/c1-8-10-19-27(30(44)33(46)39-22-9-2)40-32(45)29-28-26(37(28,6)7)23-43(29)34(47)31(36(3,4)5)41-35(48)42-38(20-15-12-16-21-38)24-51(49,50)25-17-13-11-14-18-25/h1,9,11,13-14,17-18,26-29,31H,2,10,12,15-16,19-24H2,3-7H3,(H,39,46)(H,40,45)(H2,41,42,48)/t26?,27?,28-,29-,31+/m0/s1.